The molecule has 1 aromatic rings. The molecule has 2 aliphatic rings. The predicted molar refractivity (Wildman–Crippen MR) is 118 cm³/mol. The van der Waals surface area contributed by atoms with Crippen molar-refractivity contribution in [2.24, 2.45) is 5.92 Å². The average molecular weight is 416 g/mol. The van der Waals surface area contributed by atoms with Gasteiger partial charge in [-0.1, -0.05) is 38.1 Å². The third-order valence-corrected chi connectivity index (χ3v) is 6.37. The summed E-state index contributed by atoms with van der Waals surface area (Å²) >= 11 is 0. The molecule has 2 aliphatic heterocycles. The fraction of sp³-hybridized carbons (Fsp3) is 0.667. The van der Waals surface area contributed by atoms with E-state index >= 15 is 0 Å². The van der Waals surface area contributed by atoms with Crippen LogP contribution < -0.4 is 5.32 Å². The van der Waals surface area contributed by atoms with Crippen LogP contribution in [0.15, 0.2) is 24.3 Å². The molecule has 1 aromatic carbocycles. The van der Waals surface area contributed by atoms with Crippen molar-refractivity contribution < 1.29 is 14.3 Å². The predicted octanol–water partition coefficient (Wildman–Crippen LogP) is 2.95. The molecular formula is C24H37N3O3. The summed E-state index contributed by atoms with van der Waals surface area (Å²) in [4.78, 5) is 29.5. The summed E-state index contributed by atoms with van der Waals surface area (Å²) in [6, 6.07) is 8.54. The summed E-state index contributed by atoms with van der Waals surface area (Å²) in [5, 5.41) is 3.09. The van der Waals surface area contributed by atoms with E-state index in [4.69, 9.17) is 4.74 Å². The number of likely N-dealkylation sites (tertiary alicyclic amines) is 1. The maximum Gasteiger partial charge on any atom is 0.225 e. The van der Waals surface area contributed by atoms with Crippen molar-refractivity contribution >= 4 is 11.8 Å². The normalized spacial score (nSPS) is 25.2. The zero-order valence-corrected chi connectivity index (χ0v) is 18.9. The van der Waals surface area contributed by atoms with Gasteiger partial charge < -0.3 is 15.0 Å². The Morgan fingerprint density at radius 2 is 1.73 bits per heavy atom. The van der Waals surface area contributed by atoms with Gasteiger partial charge in [-0.3, -0.25) is 14.5 Å². The lowest BCUT2D eigenvalue weighted by atomic mass is 10.0. The average Bonchev–Trinajstić information content (AvgIpc) is 3.09. The van der Waals surface area contributed by atoms with E-state index in [0.29, 0.717) is 19.5 Å². The van der Waals surface area contributed by atoms with Crippen molar-refractivity contribution in [3.8, 4) is 0 Å². The molecule has 0 bridgehead atoms. The third-order valence-electron chi connectivity index (χ3n) is 6.37. The highest BCUT2D eigenvalue weighted by atomic mass is 16.5. The lowest BCUT2D eigenvalue weighted by Gasteiger charge is -2.35. The number of carbonyl (C=O) groups excluding carboxylic acids is 2. The molecule has 6 heteroatoms. The summed E-state index contributed by atoms with van der Waals surface area (Å²) < 4.78 is 5.84. The van der Waals surface area contributed by atoms with Crippen molar-refractivity contribution in [1.82, 2.24) is 15.1 Å². The number of morpholine rings is 1. The molecule has 2 fully saturated rings. The van der Waals surface area contributed by atoms with Crippen molar-refractivity contribution in [2.45, 2.75) is 78.3 Å². The van der Waals surface area contributed by atoms with E-state index in [0.717, 1.165) is 38.0 Å². The van der Waals surface area contributed by atoms with Crippen LogP contribution in [-0.2, 0) is 27.4 Å². The summed E-state index contributed by atoms with van der Waals surface area (Å²) in [6.07, 6.45) is 2.66. The maximum absolute atomic E-state index is 12.8. The Hall–Kier alpha value is -1.92. The second-order valence-electron chi connectivity index (χ2n) is 8.86. The van der Waals surface area contributed by atoms with Gasteiger partial charge in [0.25, 0.3) is 0 Å². The number of benzene rings is 1. The van der Waals surface area contributed by atoms with Crippen LogP contribution in [-0.4, -0.2) is 59.5 Å². The van der Waals surface area contributed by atoms with Crippen LogP contribution in [0.4, 0.5) is 0 Å². The first kappa shape index (κ1) is 22.8. The van der Waals surface area contributed by atoms with Gasteiger partial charge in [0.2, 0.25) is 11.8 Å². The minimum absolute atomic E-state index is 0.0137. The van der Waals surface area contributed by atoms with E-state index in [-0.39, 0.29) is 36.0 Å². The highest BCUT2D eigenvalue weighted by Gasteiger charge is 2.36. The number of rotatable bonds is 8. The molecule has 2 amide bonds. The van der Waals surface area contributed by atoms with Crippen LogP contribution in [0.2, 0.25) is 0 Å². The molecule has 3 atom stereocenters. The zero-order chi connectivity index (χ0) is 21.7. The number of hydrogen-bond donors (Lipinski definition) is 1. The van der Waals surface area contributed by atoms with Crippen LogP contribution in [0.3, 0.4) is 0 Å². The molecule has 3 rings (SSSR count). The molecule has 1 N–H and O–H groups in total. The van der Waals surface area contributed by atoms with E-state index in [1.54, 1.807) is 0 Å². The summed E-state index contributed by atoms with van der Waals surface area (Å²) in [7, 11) is 0. The molecule has 0 radical (unpaired) electrons. The van der Waals surface area contributed by atoms with Crippen LogP contribution in [0.25, 0.3) is 0 Å². The quantitative estimate of drug-likeness (QED) is 0.709. The molecule has 166 valence electrons. The molecule has 0 aliphatic carbocycles. The SMILES string of the molecule is CCC(CC)N1CC(C(=O)NCc2ccccc2CN2CC(C)OC(C)C2)CC1=O. The second-order valence-corrected chi connectivity index (χ2v) is 8.86. The van der Waals surface area contributed by atoms with E-state index in [2.05, 4.69) is 56.1 Å². The maximum atomic E-state index is 12.8. The van der Waals surface area contributed by atoms with Gasteiger partial charge in [0.1, 0.15) is 0 Å². The molecule has 0 spiro atoms. The summed E-state index contributed by atoms with van der Waals surface area (Å²) in [5.74, 6) is -0.147. The Bertz CT molecular complexity index is 724. The van der Waals surface area contributed by atoms with E-state index < -0.39 is 0 Å². The minimum atomic E-state index is -0.244. The topological polar surface area (TPSA) is 61.9 Å². The number of amides is 2. The fourth-order valence-corrected chi connectivity index (χ4v) is 4.85. The van der Waals surface area contributed by atoms with Gasteiger partial charge in [0.15, 0.2) is 0 Å². The molecule has 30 heavy (non-hydrogen) atoms. The molecule has 2 heterocycles. The Morgan fingerprint density at radius 3 is 2.37 bits per heavy atom. The van der Waals surface area contributed by atoms with E-state index in [9.17, 15) is 9.59 Å². The number of nitrogens with one attached hydrogen (secondary N) is 1. The Labute approximate surface area is 180 Å². The highest BCUT2D eigenvalue weighted by molar-refractivity contribution is 5.89. The van der Waals surface area contributed by atoms with Crippen molar-refractivity contribution in [3.63, 3.8) is 0 Å². The Morgan fingerprint density at radius 1 is 1.10 bits per heavy atom. The molecule has 2 saturated heterocycles. The van der Waals surface area contributed by atoms with Crippen LogP contribution in [0.1, 0.15) is 58.1 Å². The lowest BCUT2D eigenvalue weighted by molar-refractivity contribution is -0.130. The Kier molecular flexibility index (Phi) is 7.89. The number of carbonyl (C=O) groups is 2. The standard InChI is InChI=1S/C24H37N3O3/c1-5-22(6-2)27-16-21(11-23(27)28)24(29)25-12-19-9-7-8-10-20(19)15-26-13-17(3)30-18(4)14-26/h7-10,17-18,21-22H,5-6,11-16H2,1-4H3,(H,25,29). The monoisotopic (exact) mass is 415 g/mol. The molecule has 6 nitrogen and oxygen atoms in total. The number of nitrogens with zero attached hydrogens (tertiary/aromatic N) is 2. The largest absolute Gasteiger partial charge is 0.373 e. The van der Waals surface area contributed by atoms with Gasteiger partial charge in [-0.05, 0) is 37.8 Å². The smallest absolute Gasteiger partial charge is 0.225 e. The molecular weight excluding hydrogens is 378 g/mol. The van der Waals surface area contributed by atoms with Crippen LogP contribution >= 0.6 is 0 Å². The Balaban J connectivity index is 1.57. The van der Waals surface area contributed by atoms with E-state index in [1.807, 2.05) is 11.0 Å². The first-order chi connectivity index (χ1) is 14.4. The van der Waals surface area contributed by atoms with E-state index in [1.165, 1.54) is 5.56 Å². The highest BCUT2D eigenvalue weighted by Crippen LogP contribution is 2.23. The fourth-order valence-electron chi connectivity index (χ4n) is 4.85. The minimum Gasteiger partial charge on any atom is -0.373 e. The molecule has 0 aromatic heterocycles. The van der Waals surface area contributed by atoms with Crippen molar-refractivity contribution in [2.75, 3.05) is 19.6 Å². The van der Waals surface area contributed by atoms with Gasteiger partial charge in [0.05, 0.1) is 18.1 Å². The van der Waals surface area contributed by atoms with Crippen LogP contribution in [0.5, 0.6) is 0 Å². The number of ether oxygens (including phenoxy) is 1. The molecule has 3 unspecified atom stereocenters. The zero-order valence-electron chi connectivity index (χ0n) is 18.9. The van der Waals surface area contributed by atoms with Crippen LogP contribution in [0, 0.1) is 5.92 Å². The summed E-state index contributed by atoms with van der Waals surface area (Å²) in [5.41, 5.74) is 2.37. The molecule has 0 saturated carbocycles. The third kappa shape index (κ3) is 5.61. The lowest BCUT2D eigenvalue weighted by Crippen LogP contribution is -2.45. The van der Waals surface area contributed by atoms with Crippen molar-refractivity contribution in [1.29, 1.82) is 0 Å². The second kappa shape index (κ2) is 10.4. The van der Waals surface area contributed by atoms with Gasteiger partial charge in [-0.15, -0.1) is 0 Å². The van der Waals surface area contributed by atoms with Gasteiger partial charge >= 0.3 is 0 Å². The first-order valence-electron chi connectivity index (χ1n) is 11.4. The summed E-state index contributed by atoms with van der Waals surface area (Å²) in [6.45, 7) is 12.2. The van der Waals surface area contributed by atoms with Crippen molar-refractivity contribution in [3.05, 3.63) is 35.4 Å². The van der Waals surface area contributed by atoms with Gasteiger partial charge in [0, 0.05) is 45.2 Å². The number of hydrogen-bond acceptors (Lipinski definition) is 4. The van der Waals surface area contributed by atoms with Gasteiger partial charge in [-0.25, -0.2) is 0 Å². The van der Waals surface area contributed by atoms with Gasteiger partial charge in [-0.2, -0.15) is 0 Å². The first-order valence-corrected chi connectivity index (χ1v) is 11.4.